The van der Waals surface area contributed by atoms with Gasteiger partial charge >= 0.3 is 5.63 Å². The third-order valence-electron chi connectivity index (χ3n) is 3.38. The van der Waals surface area contributed by atoms with Gasteiger partial charge < -0.3 is 13.9 Å². The lowest BCUT2D eigenvalue weighted by atomic mass is 10.0. The molecule has 2 aliphatic rings. The lowest BCUT2D eigenvalue weighted by Gasteiger charge is -2.10. The van der Waals surface area contributed by atoms with E-state index in [4.69, 9.17) is 13.9 Å². The molecule has 0 spiro atoms. The Hall–Kier alpha value is -2.23. The zero-order valence-electron chi connectivity index (χ0n) is 9.67. The molecule has 2 aliphatic heterocycles. The van der Waals surface area contributed by atoms with E-state index in [0.29, 0.717) is 16.9 Å². The van der Waals surface area contributed by atoms with Crippen LogP contribution in [0.1, 0.15) is 18.4 Å². The van der Waals surface area contributed by atoms with E-state index in [1.807, 2.05) is 31.2 Å². The first-order valence-corrected chi connectivity index (χ1v) is 5.81. The maximum absolute atomic E-state index is 12.0. The third kappa shape index (κ3) is 1.12. The Morgan fingerprint density at radius 3 is 2.89 bits per heavy atom. The van der Waals surface area contributed by atoms with E-state index >= 15 is 0 Å². The van der Waals surface area contributed by atoms with E-state index in [0.717, 1.165) is 11.1 Å². The maximum Gasteiger partial charge on any atom is 0.344 e. The topological polar surface area (TPSA) is 48.7 Å². The first kappa shape index (κ1) is 9.76. The molecule has 3 heterocycles. The van der Waals surface area contributed by atoms with Crippen molar-refractivity contribution in [2.24, 2.45) is 0 Å². The molecule has 0 N–H and O–H groups in total. The Morgan fingerprint density at radius 2 is 2.00 bits per heavy atom. The van der Waals surface area contributed by atoms with Crippen molar-refractivity contribution in [2.45, 2.75) is 19.1 Å². The number of para-hydroxylation sites is 1. The summed E-state index contributed by atoms with van der Waals surface area (Å²) in [5.41, 5.74) is 0.767. The van der Waals surface area contributed by atoms with Gasteiger partial charge in [-0.2, -0.15) is 0 Å². The third-order valence-corrected chi connectivity index (χ3v) is 3.38. The summed E-state index contributed by atoms with van der Waals surface area (Å²) < 4.78 is 16.6. The van der Waals surface area contributed by atoms with Gasteiger partial charge in [-0.25, -0.2) is 4.79 Å². The second-order valence-corrected chi connectivity index (χ2v) is 4.54. The Bertz CT molecular complexity index is 741. The van der Waals surface area contributed by atoms with E-state index < -0.39 is 6.29 Å². The molecule has 4 rings (SSSR count). The second-order valence-electron chi connectivity index (χ2n) is 4.54. The molecule has 2 aromatic rings. The molecule has 90 valence electrons. The molecule has 0 aliphatic carbocycles. The van der Waals surface area contributed by atoms with E-state index in [9.17, 15) is 4.79 Å². The molecule has 0 bridgehead atoms. The highest BCUT2D eigenvalue weighted by atomic mass is 16.7. The zero-order valence-corrected chi connectivity index (χ0v) is 9.67. The average Bonchev–Trinajstić information content (AvgIpc) is 2.85. The summed E-state index contributed by atoms with van der Waals surface area (Å²) in [6, 6.07) is 7.36. The average molecular weight is 242 g/mol. The van der Waals surface area contributed by atoms with Crippen LogP contribution in [0.15, 0.2) is 45.3 Å². The predicted octanol–water partition coefficient (Wildman–Crippen LogP) is 2.53. The van der Waals surface area contributed by atoms with Crippen molar-refractivity contribution >= 4 is 11.0 Å². The van der Waals surface area contributed by atoms with Crippen LogP contribution < -0.4 is 10.4 Å². The fourth-order valence-corrected chi connectivity index (χ4v) is 2.61. The number of rotatable bonds is 0. The highest BCUT2D eigenvalue weighted by Gasteiger charge is 2.42. The van der Waals surface area contributed by atoms with Gasteiger partial charge in [0.15, 0.2) is 0 Å². The number of allylic oxidation sites excluding steroid dienone is 1. The van der Waals surface area contributed by atoms with Gasteiger partial charge in [0.2, 0.25) is 0 Å². The summed E-state index contributed by atoms with van der Waals surface area (Å²) >= 11 is 0. The Balaban J connectivity index is 2.07. The summed E-state index contributed by atoms with van der Waals surface area (Å²) in [5.74, 6) is 1.23. The first-order valence-electron chi connectivity index (χ1n) is 5.81. The molecule has 18 heavy (non-hydrogen) atoms. The first-order chi connectivity index (χ1) is 8.74. The lowest BCUT2D eigenvalue weighted by molar-refractivity contribution is -0.0168. The predicted molar refractivity (Wildman–Crippen MR) is 64.5 cm³/mol. The summed E-state index contributed by atoms with van der Waals surface area (Å²) in [6.45, 7) is 1.85. The van der Waals surface area contributed by atoms with E-state index in [-0.39, 0.29) is 11.5 Å². The van der Waals surface area contributed by atoms with Gasteiger partial charge in [0.05, 0.1) is 22.6 Å². The quantitative estimate of drug-likeness (QED) is 0.666. The Morgan fingerprint density at radius 1 is 1.17 bits per heavy atom. The molecule has 4 heteroatoms. The normalized spacial score (nSPS) is 24.2. The highest BCUT2D eigenvalue weighted by molar-refractivity contribution is 5.85. The molecule has 0 unspecified atom stereocenters. The smallest absolute Gasteiger partial charge is 0.344 e. The minimum atomic E-state index is -0.422. The van der Waals surface area contributed by atoms with Crippen LogP contribution >= 0.6 is 0 Å². The van der Waals surface area contributed by atoms with Crippen molar-refractivity contribution < 1.29 is 13.9 Å². The van der Waals surface area contributed by atoms with Crippen LogP contribution in [0.3, 0.4) is 0 Å². The van der Waals surface area contributed by atoms with Crippen molar-refractivity contribution in [3.8, 4) is 5.75 Å². The Kier molecular flexibility index (Phi) is 1.71. The van der Waals surface area contributed by atoms with Crippen LogP contribution in [-0.2, 0) is 4.74 Å². The van der Waals surface area contributed by atoms with Crippen LogP contribution in [0.2, 0.25) is 0 Å². The summed E-state index contributed by atoms with van der Waals surface area (Å²) in [6.07, 6.45) is 1.48. The number of benzene rings is 1. The minimum absolute atomic E-state index is 0.152. The van der Waals surface area contributed by atoms with E-state index in [1.165, 1.54) is 0 Å². The molecule has 1 aromatic carbocycles. The summed E-state index contributed by atoms with van der Waals surface area (Å²) in [5, 5.41) is 0.816. The molecule has 0 fully saturated rings. The van der Waals surface area contributed by atoms with Crippen molar-refractivity contribution in [1.82, 2.24) is 0 Å². The van der Waals surface area contributed by atoms with Gasteiger partial charge in [-0.1, -0.05) is 12.1 Å². The number of fused-ring (bicyclic) bond motifs is 5. The molecule has 0 saturated heterocycles. The van der Waals surface area contributed by atoms with Crippen molar-refractivity contribution in [3.63, 3.8) is 0 Å². The summed E-state index contributed by atoms with van der Waals surface area (Å²) in [7, 11) is 0. The van der Waals surface area contributed by atoms with Crippen LogP contribution in [0, 0.1) is 0 Å². The van der Waals surface area contributed by atoms with E-state index in [1.54, 1.807) is 6.07 Å². The maximum atomic E-state index is 12.0. The molecule has 1 aromatic heterocycles. The molecular formula is C14H10O4. The molecule has 0 saturated carbocycles. The number of ether oxygens (including phenoxy) is 2. The molecule has 4 nitrogen and oxygen atoms in total. The number of hydrogen-bond acceptors (Lipinski definition) is 4. The van der Waals surface area contributed by atoms with Crippen LogP contribution in [0.4, 0.5) is 0 Å². The second kappa shape index (κ2) is 3.16. The monoisotopic (exact) mass is 242 g/mol. The zero-order chi connectivity index (χ0) is 12.3. The van der Waals surface area contributed by atoms with Crippen molar-refractivity contribution in [2.75, 3.05) is 0 Å². The van der Waals surface area contributed by atoms with Gasteiger partial charge in [0.1, 0.15) is 11.3 Å². The van der Waals surface area contributed by atoms with Gasteiger partial charge in [-0.3, -0.25) is 0 Å². The standard InChI is InChI=1S/C14H10O4/c1-7-6-9-11-12(18-14(9)16-7)8-4-2-3-5-10(8)17-13(11)15/h2-6,9,14H,1H3/t9-,14+/m0/s1. The fourth-order valence-electron chi connectivity index (χ4n) is 2.61. The van der Waals surface area contributed by atoms with E-state index in [2.05, 4.69) is 0 Å². The molecule has 0 amide bonds. The number of hydrogen-bond donors (Lipinski definition) is 0. The summed E-state index contributed by atoms with van der Waals surface area (Å²) in [4.78, 5) is 12.0. The van der Waals surface area contributed by atoms with Gasteiger partial charge in [0.25, 0.3) is 6.29 Å². The largest absolute Gasteiger partial charge is 0.459 e. The van der Waals surface area contributed by atoms with Crippen LogP contribution in [0.5, 0.6) is 5.75 Å². The SMILES string of the molecule is CC1=C[C@H]2c3c(c4ccccc4oc3=O)O[C@H]2O1. The van der Waals surface area contributed by atoms with Gasteiger partial charge in [-0.15, -0.1) is 0 Å². The molecule has 0 radical (unpaired) electrons. The molecular weight excluding hydrogens is 232 g/mol. The van der Waals surface area contributed by atoms with Crippen LogP contribution in [-0.4, -0.2) is 6.29 Å². The van der Waals surface area contributed by atoms with Crippen LogP contribution in [0.25, 0.3) is 11.0 Å². The van der Waals surface area contributed by atoms with Gasteiger partial charge in [0, 0.05) is 0 Å². The van der Waals surface area contributed by atoms with Gasteiger partial charge in [-0.05, 0) is 25.1 Å². The van der Waals surface area contributed by atoms with Crippen molar-refractivity contribution in [1.29, 1.82) is 0 Å². The lowest BCUT2D eigenvalue weighted by Crippen LogP contribution is -2.16. The minimum Gasteiger partial charge on any atom is -0.459 e. The Labute approximate surface area is 102 Å². The van der Waals surface area contributed by atoms with Crippen molar-refractivity contribution in [3.05, 3.63) is 52.1 Å². The molecule has 2 atom stereocenters. The highest BCUT2D eigenvalue weighted by Crippen LogP contribution is 2.45. The fraction of sp³-hybridized carbons (Fsp3) is 0.214.